The third-order valence-corrected chi connectivity index (χ3v) is 3.12. The van der Waals surface area contributed by atoms with E-state index in [1.165, 1.54) is 11.0 Å². The zero-order valence-corrected chi connectivity index (χ0v) is 9.79. The van der Waals surface area contributed by atoms with E-state index in [1.807, 2.05) is 43.3 Å². The van der Waals surface area contributed by atoms with E-state index in [9.17, 15) is 4.79 Å². The first-order chi connectivity index (χ1) is 7.74. The summed E-state index contributed by atoms with van der Waals surface area (Å²) in [7, 11) is 0. The second kappa shape index (κ2) is 5.03. The van der Waals surface area contributed by atoms with Crippen molar-refractivity contribution in [3.8, 4) is 0 Å². The highest BCUT2D eigenvalue weighted by Crippen LogP contribution is 2.21. The zero-order chi connectivity index (χ0) is 11.4. The Kier molecular flexibility index (Phi) is 3.47. The molecule has 0 unspecified atom stereocenters. The summed E-state index contributed by atoms with van der Waals surface area (Å²) in [4.78, 5) is 12.3. The number of thioether (sulfide) groups is 1. The van der Waals surface area contributed by atoms with Crippen LogP contribution < -0.4 is 5.63 Å². The van der Waals surface area contributed by atoms with E-state index < -0.39 is 0 Å². The van der Waals surface area contributed by atoms with Crippen molar-refractivity contribution in [1.82, 2.24) is 0 Å². The molecular formula is C13H12O2S. The highest BCUT2D eigenvalue weighted by atomic mass is 32.2. The molecule has 1 heterocycles. The molecule has 1 aromatic heterocycles. The number of benzene rings is 1. The Balaban J connectivity index is 2.08. The quantitative estimate of drug-likeness (QED) is 0.761. The van der Waals surface area contributed by atoms with Gasteiger partial charge in [-0.05, 0) is 30.7 Å². The van der Waals surface area contributed by atoms with Crippen molar-refractivity contribution in [2.45, 2.75) is 17.6 Å². The van der Waals surface area contributed by atoms with Gasteiger partial charge in [0, 0.05) is 11.0 Å². The Morgan fingerprint density at radius 1 is 1.19 bits per heavy atom. The molecule has 0 aliphatic heterocycles. The fraction of sp³-hybridized carbons (Fsp3) is 0.154. The van der Waals surface area contributed by atoms with Gasteiger partial charge in [0.1, 0.15) is 5.76 Å². The third kappa shape index (κ3) is 3.00. The van der Waals surface area contributed by atoms with Crippen molar-refractivity contribution in [2.24, 2.45) is 0 Å². The van der Waals surface area contributed by atoms with E-state index in [0.29, 0.717) is 5.75 Å². The molecule has 0 bridgehead atoms. The standard InChI is InChI=1S/C13H12O2S/c1-10-7-11(15-13(14)8-10)9-16-12-5-3-2-4-6-12/h2-8H,9H2,1H3. The molecule has 0 saturated heterocycles. The van der Waals surface area contributed by atoms with E-state index in [-0.39, 0.29) is 5.63 Å². The first-order valence-electron chi connectivity index (χ1n) is 5.02. The SMILES string of the molecule is Cc1cc(CSc2ccccc2)oc(=O)c1. The zero-order valence-electron chi connectivity index (χ0n) is 8.97. The second-order valence-electron chi connectivity index (χ2n) is 3.52. The highest BCUT2D eigenvalue weighted by Gasteiger charge is 2.00. The number of rotatable bonds is 3. The highest BCUT2D eigenvalue weighted by molar-refractivity contribution is 7.98. The fourth-order valence-corrected chi connectivity index (χ4v) is 2.21. The lowest BCUT2D eigenvalue weighted by Crippen LogP contribution is -1.99. The molecule has 0 amide bonds. The van der Waals surface area contributed by atoms with Crippen molar-refractivity contribution in [1.29, 1.82) is 0 Å². The lowest BCUT2D eigenvalue weighted by molar-refractivity contribution is 0.475. The summed E-state index contributed by atoms with van der Waals surface area (Å²) in [6.45, 7) is 1.90. The van der Waals surface area contributed by atoms with Crippen LogP contribution in [0.5, 0.6) is 0 Å². The minimum Gasteiger partial charge on any atom is -0.427 e. The van der Waals surface area contributed by atoms with Gasteiger partial charge in [0.25, 0.3) is 0 Å². The summed E-state index contributed by atoms with van der Waals surface area (Å²) < 4.78 is 5.10. The van der Waals surface area contributed by atoms with Crippen molar-refractivity contribution in [3.05, 3.63) is 64.2 Å². The minimum atomic E-state index is -0.274. The third-order valence-electron chi connectivity index (χ3n) is 2.09. The second-order valence-corrected chi connectivity index (χ2v) is 4.57. The summed E-state index contributed by atoms with van der Waals surface area (Å²) in [5, 5.41) is 0. The van der Waals surface area contributed by atoms with E-state index in [0.717, 1.165) is 11.3 Å². The smallest absolute Gasteiger partial charge is 0.336 e. The van der Waals surface area contributed by atoms with Crippen LogP contribution in [0.2, 0.25) is 0 Å². The van der Waals surface area contributed by atoms with Gasteiger partial charge in [0.15, 0.2) is 0 Å². The van der Waals surface area contributed by atoms with Gasteiger partial charge in [0.2, 0.25) is 0 Å². The van der Waals surface area contributed by atoms with Crippen LogP contribution in [0, 0.1) is 6.92 Å². The largest absolute Gasteiger partial charge is 0.427 e. The molecule has 0 aliphatic carbocycles. The summed E-state index contributed by atoms with van der Waals surface area (Å²) in [5.41, 5.74) is 0.670. The van der Waals surface area contributed by atoms with E-state index in [2.05, 4.69) is 0 Å². The topological polar surface area (TPSA) is 30.2 Å². The summed E-state index contributed by atoms with van der Waals surface area (Å²) in [5.74, 6) is 1.40. The Hall–Kier alpha value is -1.48. The molecule has 0 spiro atoms. The van der Waals surface area contributed by atoms with Crippen molar-refractivity contribution >= 4 is 11.8 Å². The molecule has 3 heteroatoms. The van der Waals surface area contributed by atoms with E-state index in [4.69, 9.17) is 4.42 Å². The molecule has 16 heavy (non-hydrogen) atoms. The van der Waals surface area contributed by atoms with Crippen LogP contribution in [0.25, 0.3) is 0 Å². The molecule has 1 aromatic carbocycles. The predicted octanol–water partition coefficient (Wildman–Crippen LogP) is 3.24. The maximum atomic E-state index is 11.1. The normalized spacial score (nSPS) is 10.3. The molecule has 0 atom stereocenters. The van der Waals surface area contributed by atoms with Gasteiger partial charge in [0.05, 0.1) is 5.75 Å². The van der Waals surface area contributed by atoms with Gasteiger partial charge in [-0.25, -0.2) is 4.79 Å². The Morgan fingerprint density at radius 3 is 2.62 bits per heavy atom. The molecule has 0 radical (unpaired) electrons. The number of aryl methyl sites for hydroxylation is 1. The first kappa shape index (κ1) is 11.0. The number of hydrogen-bond acceptors (Lipinski definition) is 3. The molecule has 0 aliphatic rings. The lowest BCUT2D eigenvalue weighted by Gasteiger charge is -2.01. The van der Waals surface area contributed by atoms with Crippen LogP contribution >= 0.6 is 11.8 Å². The van der Waals surface area contributed by atoms with Crippen LogP contribution in [0.15, 0.2) is 56.6 Å². The predicted molar refractivity (Wildman–Crippen MR) is 65.7 cm³/mol. The van der Waals surface area contributed by atoms with Crippen molar-refractivity contribution in [2.75, 3.05) is 0 Å². The van der Waals surface area contributed by atoms with Crippen LogP contribution in [0.4, 0.5) is 0 Å². The maximum Gasteiger partial charge on any atom is 0.336 e. The minimum absolute atomic E-state index is 0.274. The van der Waals surface area contributed by atoms with Crippen LogP contribution in [-0.2, 0) is 5.75 Å². The van der Waals surface area contributed by atoms with Gasteiger partial charge in [-0.1, -0.05) is 18.2 Å². The van der Waals surface area contributed by atoms with Gasteiger partial charge < -0.3 is 4.42 Å². The Bertz CT molecular complexity index is 517. The molecule has 0 fully saturated rings. The molecule has 0 saturated carbocycles. The average Bonchev–Trinajstić information content (AvgIpc) is 2.27. The fourth-order valence-electron chi connectivity index (χ4n) is 1.41. The molecule has 2 nitrogen and oxygen atoms in total. The molecule has 2 rings (SSSR count). The summed E-state index contributed by atoms with van der Waals surface area (Å²) in [6.07, 6.45) is 0. The average molecular weight is 232 g/mol. The maximum absolute atomic E-state index is 11.1. The van der Waals surface area contributed by atoms with Gasteiger partial charge >= 0.3 is 5.63 Å². The number of hydrogen-bond donors (Lipinski definition) is 0. The van der Waals surface area contributed by atoms with Crippen LogP contribution in [0.3, 0.4) is 0 Å². The monoisotopic (exact) mass is 232 g/mol. The van der Waals surface area contributed by atoms with E-state index >= 15 is 0 Å². The molecule has 82 valence electrons. The Labute approximate surface area is 98.3 Å². The Morgan fingerprint density at radius 2 is 1.94 bits per heavy atom. The summed E-state index contributed by atoms with van der Waals surface area (Å²) >= 11 is 1.66. The van der Waals surface area contributed by atoms with Crippen molar-refractivity contribution < 1.29 is 4.42 Å². The molecule has 2 aromatic rings. The van der Waals surface area contributed by atoms with Gasteiger partial charge in [-0.15, -0.1) is 11.8 Å². The van der Waals surface area contributed by atoms with Crippen LogP contribution in [-0.4, -0.2) is 0 Å². The first-order valence-corrected chi connectivity index (χ1v) is 6.01. The van der Waals surface area contributed by atoms with Gasteiger partial charge in [-0.3, -0.25) is 0 Å². The van der Waals surface area contributed by atoms with Crippen molar-refractivity contribution in [3.63, 3.8) is 0 Å². The molecular weight excluding hydrogens is 220 g/mol. The van der Waals surface area contributed by atoms with Crippen LogP contribution in [0.1, 0.15) is 11.3 Å². The summed E-state index contributed by atoms with van der Waals surface area (Å²) in [6, 6.07) is 13.4. The lowest BCUT2D eigenvalue weighted by atomic mass is 10.3. The van der Waals surface area contributed by atoms with Gasteiger partial charge in [-0.2, -0.15) is 0 Å². The molecule has 0 N–H and O–H groups in total. The van der Waals surface area contributed by atoms with E-state index in [1.54, 1.807) is 11.8 Å².